The van der Waals surface area contributed by atoms with E-state index in [1.807, 2.05) is 43.3 Å². The number of aromatic nitrogens is 3. The lowest BCUT2D eigenvalue weighted by atomic mass is 10.1. The van der Waals surface area contributed by atoms with E-state index >= 15 is 0 Å². The van der Waals surface area contributed by atoms with Gasteiger partial charge in [0.25, 0.3) is 0 Å². The second kappa shape index (κ2) is 7.22. The Balaban J connectivity index is 1.37. The summed E-state index contributed by atoms with van der Waals surface area (Å²) in [4.78, 5) is 24.9. The summed E-state index contributed by atoms with van der Waals surface area (Å²) < 4.78 is 11.2. The van der Waals surface area contributed by atoms with Crippen molar-refractivity contribution in [3.63, 3.8) is 0 Å². The number of amides is 1. The van der Waals surface area contributed by atoms with Gasteiger partial charge in [-0.1, -0.05) is 17.3 Å². The minimum atomic E-state index is -0.0882. The second-order valence-electron chi connectivity index (χ2n) is 6.78. The lowest BCUT2D eigenvalue weighted by Crippen LogP contribution is -2.32. The highest BCUT2D eigenvalue weighted by atomic mass is 16.5. The summed E-state index contributed by atoms with van der Waals surface area (Å²) in [7, 11) is 3.80. The van der Waals surface area contributed by atoms with Gasteiger partial charge in [0, 0.05) is 32.4 Å². The molecule has 0 saturated carbocycles. The van der Waals surface area contributed by atoms with Crippen LogP contribution in [0.25, 0.3) is 11.0 Å². The Morgan fingerprint density at radius 1 is 1.33 bits per heavy atom. The van der Waals surface area contributed by atoms with Crippen LogP contribution in [0.15, 0.2) is 41.2 Å². The molecule has 8 heteroatoms. The fraction of sp³-hybridized carbons (Fsp3) is 0.368. The number of carbonyl (C=O) groups is 1. The van der Waals surface area contributed by atoms with Gasteiger partial charge in [0.1, 0.15) is 11.8 Å². The molecule has 1 aromatic carbocycles. The van der Waals surface area contributed by atoms with Gasteiger partial charge in [-0.05, 0) is 12.1 Å². The number of hydrogen-bond donors (Lipinski definition) is 0. The molecule has 1 saturated heterocycles. The zero-order chi connectivity index (χ0) is 18.8. The monoisotopic (exact) mass is 367 g/mol. The number of rotatable bonds is 5. The third-order valence-electron chi connectivity index (χ3n) is 4.61. The zero-order valence-electron chi connectivity index (χ0n) is 15.3. The Morgan fingerprint density at radius 2 is 2.19 bits per heavy atom. The summed E-state index contributed by atoms with van der Waals surface area (Å²) in [5, 5.41) is 4.93. The number of fused-ring (bicyclic) bond motifs is 1. The first-order valence-corrected chi connectivity index (χ1v) is 8.87. The van der Waals surface area contributed by atoms with Crippen molar-refractivity contribution in [3.05, 3.63) is 42.4 Å². The number of hydrogen-bond acceptors (Lipinski definition) is 7. The summed E-state index contributed by atoms with van der Waals surface area (Å²) in [5.41, 5.74) is 1.37. The van der Waals surface area contributed by atoms with Gasteiger partial charge in [-0.3, -0.25) is 9.78 Å². The van der Waals surface area contributed by atoms with Crippen molar-refractivity contribution in [1.29, 1.82) is 0 Å². The van der Waals surface area contributed by atoms with Gasteiger partial charge >= 0.3 is 0 Å². The number of nitrogens with zero attached hydrogens (tertiary/aromatic N) is 5. The van der Waals surface area contributed by atoms with Crippen molar-refractivity contribution in [3.8, 4) is 5.88 Å². The van der Waals surface area contributed by atoms with E-state index in [-0.39, 0.29) is 18.4 Å². The van der Waals surface area contributed by atoms with Crippen molar-refractivity contribution in [2.45, 2.75) is 18.9 Å². The molecule has 1 fully saturated rings. The molecule has 140 valence electrons. The van der Waals surface area contributed by atoms with Crippen LogP contribution in [0.4, 0.5) is 5.82 Å². The van der Waals surface area contributed by atoms with Crippen LogP contribution >= 0.6 is 0 Å². The molecule has 1 atom stereocenters. The molecule has 0 radical (unpaired) electrons. The Labute approximate surface area is 156 Å². The molecule has 0 aliphatic carbocycles. The summed E-state index contributed by atoms with van der Waals surface area (Å²) >= 11 is 0. The third kappa shape index (κ3) is 3.69. The highest BCUT2D eigenvalue weighted by Crippen LogP contribution is 2.21. The fourth-order valence-electron chi connectivity index (χ4n) is 3.15. The van der Waals surface area contributed by atoms with Gasteiger partial charge in [0.15, 0.2) is 11.4 Å². The first kappa shape index (κ1) is 17.3. The first-order chi connectivity index (χ1) is 13.1. The molecule has 1 amide bonds. The summed E-state index contributed by atoms with van der Waals surface area (Å²) in [6, 6.07) is 7.56. The molecule has 1 unspecified atom stereocenters. The number of para-hydroxylation sites is 1. The van der Waals surface area contributed by atoms with Crippen molar-refractivity contribution in [1.82, 2.24) is 20.0 Å². The smallest absolute Gasteiger partial charge is 0.234 e. The number of benzene rings is 1. The standard InChI is InChI=1S/C19H21N5O3/c1-23(2)17-10-20-11-18(21-17)26-13-7-8-24(12-13)19(25)9-15-14-5-3-4-6-16(14)27-22-15/h3-6,10-11,13H,7-9,12H2,1-2H3. The van der Waals surface area contributed by atoms with Crippen LogP contribution in [0, 0.1) is 0 Å². The van der Waals surface area contributed by atoms with E-state index in [0.29, 0.717) is 30.2 Å². The molecule has 1 aliphatic heterocycles. The fourth-order valence-corrected chi connectivity index (χ4v) is 3.15. The lowest BCUT2D eigenvalue weighted by molar-refractivity contribution is -0.129. The maximum Gasteiger partial charge on any atom is 0.234 e. The van der Waals surface area contributed by atoms with Gasteiger partial charge in [0.2, 0.25) is 11.8 Å². The summed E-state index contributed by atoms with van der Waals surface area (Å²) in [6.45, 7) is 1.18. The Hall–Kier alpha value is -3.16. The average Bonchev–Trinajstić information content (AvgIpc) is 3.29. The number of anilines is 1. The van der Waals surface area contributed by atoms with E-state index in [1.165, 1.54) is 0 Å². The van der Waals surface area contributed by atoms with E-state index in [0.717, 1.165) is 17.6 Å². The quantitative estimate of drug-likeness (QED) is 0.681. The molecular formula is C19H21N5O3. The predicted molar refractivity (Wildman–Crippen MR) is 99.7 cm³/mol. The highest BCUT2D eigenvalue weighted by Gasteiger charge is 2.29. The zero-order valence-corrected chi connectivity index (χ0v) is 15.3. The molecule has 3 aromatic rings. The molecule has 3 heterocycles. The second-order valence-corrected chi connectivity index (χ2v) is 6.78. The van der Waals surface area contributed by atoms with E-state index in [9.17, 15) is 4.79 Å². The van der Waals surface area contributed by atoms with Crippen LogP contribution < -0.4 is 9.64 Å². The van der Waals surface area contributed by atoms with E-state index in [2.05, 4.69) is 15.1 Å². The Kier molecular flexibility index (Phi) is 4.62. The maximum absolute atomic E-state index is 12.7. The highest BCUT2D eigenvalue weighted by molar-refractivity contribution is 5.86. The van der Waals surface area contributed by atoms with Crippen LogP contribution in [0.5, 0.6) is 5.88 Å². The molecule has 1 aliphatic rings. The molecule has 4 rings (SSSR count). The van der Waals surface area contributed by atoms with Crippen LogP contribution in [0.2, 0.25) is 0 Å². The van der Waals surface area contributed by atoms with Crippen LogP contribution in [-0.2, 0) is 11.2 Å². The van der Waals surface area contributed by atoms with Crippen LogP contribution in [0.3, 0.4) is 0 Å². The molecular weight excluding hydrogens is 346 g/mol. The normalized spacial score (nSPS) is 16.7. The predicted octanol–water partition coefficient (Wildman–Crippen LogP) is 1.91. The van der Waals surface area contributed by atoms with Crippen molar-refractivity contribution in [2.24, 2.45) is 0 Å². The molecule has 0 spiro atoms. The minimum absolute atomic E-state index is 0.0216. The molecule has 8 nitrogen and oxygen atoms in total. The van der Waals surface area contributed by atoms with E-state index in [1.54, 1.807) is 17.3 Å². The van der Waals surface area contributed by atoms with Gasteiger partial charge in [0.05, 0.1) is 25.4 Å². The third-order valence-corrected chi connectivity index (χ3v) is 4.61. The Bertz CT molecular complexity index is 955. The van der Waals surface area contributed by atoms with Gasteiger partial charge < -0.3 is 19.1 Å². The van der Waals surface area contributed by atoms with Crippen molar-refractivity contribution < 1.29 is 14.1 Å². The molecule has 0 bridgehead atoms. The summed E-state index contributed by atoms with van der Waals surface area (Å²) in [6.07, 6.45) is 4.17. The number of likely N-dealkylation sites (tertiary alicyclic amines) is 1. The lowest BCUT2D eigenvalue weighted by Gasteiger charge is -2.17. The number of ether oxygens (including phenoxy) is 1. The maximum atomic E-state index is 12.7. The van der Waals surface area contributed by atoms with E-state index in [4.69, 9.17) is 9.26 Å². The summed E-state index contributed by atoms with van der Waals surface area (Å²) in [5.74, 6) is 1.23. The van der Waals surface area contributed by atoms with Crippen molar-refractivity contribution >= 4 is 22.7 Å². The Morgan fingerprint density at radius 3 is 3.04 bits per heavy atom. The van der Waals surface area contributed by atoms with E-state index < -0.39 is 0 Å². The van der Waals surface area contributed by atoms with Gasteiger partial charge in [-0.25, -0.2) is 0 Å². The SMILES string of the molecule is CN(C)c1cncc(OC2CCN(C(=O)Cc3noc4ccccc34)C2)n1. The number of carbonyl (C=O) groups excluding carboxylic acids is 1. The molecule has 2 aromatic heterocycles. The van der Waals surface area contributed by atoms with Gasteiger partial charge in [-0.15, -0.1) is 0 Å². The minimum Gasteiger partial charge on any atom is -0.471 e. The molecule has 27 heavy (non-hydrogen) atoms. The largest absolute Gasteiger partial charge is 0.471 e. The topological polar surface area (TPSA) is 84.6 Å². The first-order valence-electron chi connectivity index (χ1n) is 8.87. The van der Waals surface area contributed by atoms with Gasteiger partial charge in [-0.2, -0.15) is 4.98 Å². The van der Waals surface area contributed by atoms with Crippen LogP contribution in [-0.4, -0.2) is 59.2 Å². The average molecular weight is 367 g/mol. The molecule has 0 N–H and O–H groups in total. The van der Waals surface area contributed by atoms with Crippen molar-refractivity contribution in [2.75, 3.05) is 32.1 Å². The van der Waals surface area contributed by atoms with Crippen LogP contribution in [0.1, 0.15) is 12.1 Å².